The Bertz CT molecular complexity index is 897. The van der Waals surface area contributed by atoms with Crippen LogP contribution in [0.5, 0.6) is 5.75 Å². The molecule has 122 valence electrons. The van der Waals surface area contributed by atoms with Crippen LogP contribution in [0.1, 0.15) is 26.3 Å². The lowest BCUT2D eigenvalue weighted by Gasteiger charge is -2.08. The summed E-state index contributed by atoms with van der Waals surface area (Å²) in [6.07, 6.45) is 3.21. The van der Waals surface area contributed by atoms with Crippen LogP contribution in [-0.4, -0.2) is 11.8 Å². The number of benzene rings is 3. The van der Waals surface area contributed by atoms with Crippen molar-refractivity contribution in [1.82, 2.24) is 0 Å². The van der Waals surface area contributed by atoms with Crippen molar-refractivity contribution in [1.29, 1.82) is 0 Å². The molecule has 25 heavy (non-hydrogen) atoms. The quantitative estimate of drug-likeness (QED) is 0.292. The van der Waals surface area contributed by atoms with Crippen LogP contribution in [0.4, 0.5) is 0 Å². The van der Waals surface area contributed by atoms with Gasteiger partial charge in [0.05, 0.1) is 11.1 Å². The first kappa shape index (κ1) is 16.4. The van der Waals surface area contributed by atoms with E-state index in [1.54, 1.807) is 54.6 Å². The zero-order chi connectivity index (χ0) is 17.5. The van der Waals surface area contributed by atoms with Gasteiger partial charge in [0.25, 0.3) is 0 Å². The average Bonchev–Trinajstić information content (AvgIpc) is 2.68. The summed E-state index contributed by atoms with van der Waals surface area (Å²) in [7, 11) is 0. The molecular weight excluding hydrogens is 312 g/mol. The Morgan fingerprint density at radius 2 is 1.32 bits per heavy atom. The Balaban J connectivity index is 1.80. The van der Waals surface area contributed by atoms with Gasteiger partial charge in [-0.3, -0.25) is 4.79 Å². The standard InChI is InChI=1S/C22H16O3/c23-20(16-15-17-9-3-1-4-10-17)19-13-7-8-14-21(19)25-22(24)18-11-5-2-6-12-18/h1-16H. The van der Waals surface area contributed by atoms with Gasteiger partial charge in [0.15, 0.2) is 5.78 Å². The molecule has 0 bridgehead atoms. The molecule has 0 saturated heterocycles. The van der Waals surface area contributed by atoms with Gasteiger partial charge < -0.3 is 4.74 Å². The van der Waals surface area contributed by atoms with Crippen molar-refractivity contribution in [3.8, 4) is 5.75 Å². The summed E-state index contributed by atoms with van der Waals surface area (Å²) in [5.74, 6) is -0.465. The molecule has 0 aliphatic rings. The molecule has 0 saturated carbocycles. The molecule has 3 rings (SSSR count). The fraction of sp³-hybridized carbons (Fsp3) is 0. The summed E-state index contributed by atoms with van der Waals surface area (Å²) >= 11 is 0. The van der Waals surface area contributed by atoms with Crippen molar-refractivity contribution in [3.63, 3.8) is 0 Å². The first-order valence-corrected chi connectivity index (χ1v) is 7.88. The van der Waals surface area contributed by atoms with Crippen molar-refractivity contribution >= 4 is 17.8 Å². The molecule has 0 unspecified atom stereocenters. The van der Waals surface area contributed by atoms with Crippen molar-refractivity contribution in [2.24, 2.45) is 0 Å². The number of para-hydroxylation sites is 1. The molecule has 0 atom stereocenters. The highest BCUT2D eigenvalue weighted by Crippen LogP contribution is 2.21. The highest BCUT2D eigenvalue weighted by atomic mass is 16.5. The Morgan fingerprint density at radius 1 is 0.720 bits per heavy atom. The van der Waals surface area contributed by atoms with Gasteiger partial charge in [0, 0.05) is 0 Å². The zero-order valence-electron chi connectivity index (χ0n) is 13.5. The highest BCUT2D eigenvalue weighted by Gasteiger charge is 2.14. The SMILES string of the molecule is O=C(Oc1ccccc1C(=O)C=Cc1ccccc1)c1ccccc1. The lowest BCUT2D eigenvalue weighted by Crippen LogP contribution is -2.10. The number of carbonyl (C=O) groups excluding carboxylic acids is 2. The fourth-order valence-corrected chi connectivity index (χ4v) is 2.32. The summed E-state index contributed by atoms with van der Waals surface area (Å²) in [4.78, 5) is 24.7. The van der Waals surface area contributed by atoms with Crippen molar-refractivity contribution < 1.29 is 14.3 Å². The van der Waals surface area contributed by atoms with Crippen LogP contribution in [0.3, 0.4) is 0 Å². The summed E-state index contributed by atoms with van der Waals surface area (Å²) in [6, 6.07) is 24.9. The molecule has 0 N–H and O–H groups in total. The first-order chi connectivity index (χ1) is 12.2. The minimum atomic E-state index is -0.493. The van der Waals surface area contributed by atoms with E-state index in [4.69, 9.17) is 4.74 Å². The van der Waals surface area contributed by atoms with Crippen LogP contribution in [0.25, 0.3) is 6.08 Å². The van der Waals surface area contributed by atoms with Gasteiger partial charge >= 0.3 is 5.97 Å². The lowest BCUT2D eigenvalue weighted by molar-refractivity contribution is 0.0733. The van der Waals surface area contributed by atoms with E-state index >= 15 is 0 Å². The van der Waals surface area contributed by atoms with Crippen LogP contribution in [-0.2, 0) is 0 Å². The maximum absolute atomic E-state index is 12.5. The largest absolute Gasteiger partial charge is 0.422 e. The van der Waals surface area contributed by atoms with Crippen molar-refractivity contribution in [2.45, 2.75) is 0 Å². The summed E-state index contributed by atoms with van der Waals surface area (Å²) in [5, 5.41) is 0. The van der Waals surface area contributed by atoms with Crippen LogP contribution >= 0.6 is 0 Å². The number of rotatable bonds is 5. The van der Waals surface area contributed by atoms with E-state index in [-0.39, 0.29) is 11.5 Å². The van der Waals surface area contributed by atoms with Crippen LogP contribution < -0.4 is 4.74 Å². The van der Waals surface area contributed by atoms with Crippen LogP contribution in [0, 0.1) is 0 Å². The Labute approximate surface area is 146 Å². The zero-order valence-corrected chi connectivity index (χ0v) is 13.5. The number of hydrogen-bond acceptors (Lipinski definition) is 3. The van der Waals surface area contributed by atoms with Crippen molar-refractivity contribution in [2.75, 3.05) is 0 Å². The third-order valence-electron chi connectivity index (χ3n) is 3.59. The maximum atomic E-state index is 12.5. The second-order valence-corrected chi connectivity index (χ2v) is 5.36. The van der Waals surface area contributed by atoms with E-state index in [1.807, 2.05) is 36.4 Å². The van der Waals surface area contributed by atoms with Gasteiger partial charge in [-0.1, -0.05) is 66.7 Å². The van der Waals surface area contributed by atoms with E-state index in [1.165, 1.54) is 6.08 Å². The molecule has 3 heteroatoms. The van der Waals surface area contributed by atoms with Crippen molar-refractivity contribution in [3.05, 3.63) is 108 Å². The van der Waals surface area contributed by atoms with Gasteiger partial charge in [0.1, 0.15) is 5.75 Å². The van der Waals surface area contributed by atoms with Gasteiger partial charge in [-0.25, -0.2) is 4.79 Å². The molecule has 0 fully saturated rings. The van der Waals surface area contributed by atoms with E-state index in [9.17, 15) is 9.59 Å². The molecule has 0 aromatic heterocycles. The number of hydrogen-bond donors (Lipinski definition) is 0. The number of ether oxygens (including phenoxy) is 1. The summed E-state index contributed by atoms with van der Waals surface area (Å²) in [5.41, 5.74) is 1.71. The van der Waals surface area contributed by atoms with E-state index < -0.39 is 5.97 Å². The molecule has 0 aliphatic heterocycles. The minimum absolute atomic E-state index is 0.222. The Hall–Kier alpha value is -3.46. The normalized spacial score (nSPS) is 10.6. The lowest BCUT2D eigenvalue weighted by atomic mass is 10.1. The smallest absolute Gasteiger partial charge is 0.343 e. The topological polar surface area (TPSA) is 43.4 Å². The van der Waals surface area contributed by atoms with E-state index in [0.29, 0.717) is 11.1 Å². The third-order valence-corrected chi connectivity index (χ3v) is 3.59. The second-order valence-electron chi connectivity index (χ2n) is 5.36. The Kier molecular flexibility index (Phi) is 5.17. The van der Waals surface area contributed by atoms with Gasteiger partial charge in [-0.05, 0) is 35.9 Å². The number of ketones is 1. The molecule has 0 radical (unpaired) electrons. The van der Waals surface area contributed by atoms with Gasteiger partial charge in [-0.2, -0.15) is 0 Å². The number of esters is 1. The van der Waals surface area contributed by atoms with Gasteiger partial charge in [0.2, 0.25) is 0 Å². The monoisotopic (exact) mass is 328 g/mol. The van der Waals surface area contributed by atoms with Gasteiger partial charge in [-0.15, -0.1) is 0 Å². The van der Waals surface area contributed by atoms with Crippen LogP contribution in [0.15, 0.2) is 91.0 Å². The molecule has 0 spiro atoms. The maximum Gasteiger partial charge on any atom is 0.343 e. The first-order valence-electron chi connectivity index (χ1n) is 7.88. The summed E-state index contributed by atoms with van der Waals surface area (Å²) < 4.78 is 5.41. The molecular formula is C22H16O3. The molecule has 3 aromatic rings. The molecule has 3 nitrogen and oxygen atoms in total. The van der Waals surface area contributed by atoms with E-state index in [2.05, 4.69) is 0 Å². The number of allylic oxidation sites excluding steroid dienone is 1. The minimum Gasteiger partial charge on any atom is -0.422 e. The molecule has 0 amide bonds. The third kappa shape index (κ3) is 4.30. The van der Waals surface area contributed by atoms with Crippen LogP contribution in [0.2, 0.25) is 0 Å². The second kappa shape index (κ2) is 7.88. The van der Waals surface area contributed by atoms with E-state index in [0.717, 1.165) is 5.56 Å². The predicted molar refractivity (Wildman–Crippen MR) is 97.6 cm³/mol. The molecule has 0 aliphatic carbocycles. The number of carbonyl (C=O) groups is 2. The fourth-order valence-electron chi connectivity index (χ4n) is 2.32. The Morgan fingerprint density at radius 3 is 2.04 bits per heavy atom. The highest BCUT2D eigenvalue weighted by molar-refractivity contribution is 6.09. The predicted octanol–water partition coefficient (Wildman–Crippen LogP) is 4.80. The summed E-state index contributed by atoms with van der Waals surface area (Å²) in [6.45, 7) is 0. The molecule has 0 heterocycles. The molecule has 3 aromatic carbocycles. The average molecular weight is 328 g/mol.